The Labute approximate surface area is 87.4 Å². The molecule has 1 aromatic heterocycles. The van der Waals surface area contributed by atoms with Crippen molar-refractivity contribution >= 4 is 22.2 Å². The second-order valence-corrected chi connectivity index (χ2v) is 3.32. The van der Waals surface area contributed by atoms with Gasteiger partial charge in [0.15, 0.2) is 6.29 Å². The highest BCUT2D eigenvalue weighted by Gasteiger charge is 2.17. The van der Waals surface area contributed by atoms with E-state index in [9.17, 15) is 13.6 Å². The van der Waals surface area contributed by atoms with Crippen LogP contribution in [0.15, 0.2) is 10.5 Å². The average Bonchev–Trinajstić information content (AvgIpc) is 2.17. The molecular weight excluding hydrogens is 258 g/mol. The quantitative estimate of drug-likeness (QED) is 0.851. The molecular formula is C8H7BrF2N2O. The smallest absolute Gasteiger partial charge is 0.281 e. The van der Waals surface area contributed by atoms with Gasteiger partial charge in [-0.1, -0.05) is 0 Å². The van der Waals surface area contributed by atoms with Crippen LogP contribution in [0.1, 0.15) is 28.2 Å². The lowest BCUT2D eigenvalue weighted by molar-refractivity contribution is 0.112. The third-order valence-electron chi connectivity index (χ3n) is 1.61. The summed E-state index contributed by atoms with van der Waals surface area (Å²) in [6.45, 7) is 0.0217. The number of halogens is 3. The normalized spacial score (nSPS) is 10.6. The van der Waals surface area contributed by atoms with Crippen molar-refractivity contribution in [2.45, 2.75) is 13.0 Å². The van der Waals surface area contributed by atoms with E-state index in [2.05, 4.69) is 20.9 Å². The van der Waals surface area contributed by atoms with E-state index in [1.54, 1.807) is 0 Å². The number of hydrogen-bond donors (Lipinski definition) is 1. The lowest BCUT2D eigenvalue weighted by atomic mass is 10.2. The Hall–Kier alpha value is -0.880. The lowest BCUT2D eigenvalue weighted by Gasteiger charge is -2.06. The van der Waals surface area contributed by atoms with Gasteiger partial charge in [-0.3, -0.25) is 4.79 Å². The van der Waals surface area contributed by atoms with E-state index < -0.39 is 12.1 Å². The number of aldehydes is 1. The summed E-state index contributed by atoms with van der Waals surface area (Å²) in [4.78, 5) is 14.1. The minimum atomic E-state index is -2.73. The SMILES string of the molecule is NCc1cc(C=O)c(Br)c(C(F)F)n1. The zero-order valence-electron chi connectivity index (χ0n) is 7.01. The Morgan fingerprint density at radius 1 is 1.64 bits per heavy atom. The first kappa shape index (κ1) is 11.2. The Balaban J connectivity index is 3.34. The van der Waals surface area contributed by atoms with Crippen LogP contribution in [-0.2, 0) is 6.54 Å². The molecule has 0 amide bonds. The molecule has 0 aliphatic rings. The fraction of sp³-hybridized carbons (Fsp3) is 0.250. The minimum Gasteiger partial charge on any atom is -0.325 e. The van der Waals surface area contributed by atoms with Crippen LogP contribution in [0.5, 0.6) is 0 Å². The maximum Gasteiger partial charge on any atom is 0.281 e. The predicted molar refractivity (Wildman–Crippen MR) is 50.2 cm³/mol. The minimum absolute atomic E-state index is 0.0217. The maximum atomic E-state index is 12.4. The largest absolute Gasteiger partial charge is 0.325 e. The monoisotopic (exact) mass is 264 g/mol. The topological polar surface area (TPSA) is 56.0 Å². The molecule has 2 N–H and O–H groups in total. The van der Waals surface area contributed by atoms with E-state index in [1.807, 2.05) is 0 Å². The van der Waals surface area contributed by atoms with E-state index >= 15 is 0 Å². The molecule has 1 rings (SSSR count). The molecule has 14 heavy (non-hydrogen) atoms. The van der Waals surface area contributed by atoms with Gasteiger partial charge in [0.2, 0.25) is 0 Å². The Morgan fingerprint density at radius 3 is 2.71 bits per heavy atom. The van der Waals surface area contributed by atoms with Gasteiger partial charge in [-0.25, -0.2) is 13.8 Å². The van der Waals surface area contributed by atoms with Crippen LogP contribution < -0.4 is 5.73 Å². The summed E-state index contributed by atoms with van der Waals surface area (Å²) in [5, 5.41) is 0. The van der Waals surface area contributed by atoms with Crippen molar-refractivity contribution in [2.75, 3.05) is 0 Å². The molecule has 6 heteroatoms. The van der Waals surface area contributed by atoms with E-state index in [0.29, 0.717) is 6.29 Å². The van der Waals surface area contributed by atoms with Crippen molar-refractivity contribution in [1.82, 2.24) is 4.98 Å². The molecule has 0 radical (unpaired) electrons. The highest BCUT2D eigenvalue weighted by molar-refractivity contribution is 9.10. The lowest BCUT2D eigenvalue weighted by Crippen LogP contribution is -2.05. The summed E-state index contributed by atoms with van der Waals surface area (Å²) in [5.41, 5.74) is 5.21. The van der Waals surface area contributed by atoms with Gasteiger partial charge < -0.3 is 5.73 Å². The molecule has 0 unspecified atom stereocenters. The number of hydrogen-bond acceptors (Lipinski definition) is 3. The predicted octanol–water partition coefficient (Wildman–Crippen LogP) is 2.05. The summed E-state index contributed by atoms with van der Waals surface area (Å²) in [6, 6.07) is 1.38. The van der Waals surface area contributed by atoms with Gasteiger partial charge in [-0.2, -0.15) is 0 Å². The number of carbonyl (C=O) groups excluding carboxylic acids is 1. The summed E-state index contributed by atoms with van der Waals surface area (Å²) in [5.74, 6) is 0. The van der Waals surface area contributed by atoms with Crippen LogP contribution >= 0.6 is 15.9 Å². The fourth-order valence-corrected chi connectivity index (χ4v) is 1.43. The van der Waals surface area contributed by atoms with E-state index in [1.165, 1.54) is 6.07 Å². The second kappa shape index (κ2) is 4.56. The zero-order valence-corrected chi connectivity index (χ0v) is 8.59. The van der Waals surface area contributed by atoms with Crippen molar-refractivity contribution in [3.05, 3.63) is 27.5 Å². The number of carbonyl (C=O) groups is 1. The van der Waals surface area contributed by atoms with E-state index in [-0.39, 0.29) is 22.3 Å². The Bertz CT molecular complexity index is 357. The molecule has 0 aromatic carbocycles. The van der Waals surface area contributed by atoms with Crippen LogP contribution in [0.4, 0.5) is 8.78 Å². The molecule has 0 spiro atoms. The van der Waals surface area contributed by atoms with Crippen molar-refractivity contribution < 1.29 is 13.6 Å². The average molecular weight is 265 g/mol. The van der Waals surface area contributed by atoms with Gasteiger partial charge in [0, 0.05) is 12.1 Å². The van der Waals surface area contributed by atoms with Crippen LogP contribution in [-0.4, -0.2) is 11.3 Å². The van der Waals surface area contributed by atoms with Crippen LogP contribution in [0, 0.1) is 0 Å². The number of rotatable bonds is 3. The third-order valence-corrected chi connectivity index (χ3v) is 2.47. The van der Waals surface area contributed by atoms with Crippen LogP contribution in [0.3, 0.4) is 0 Å². The number of aromatic nitrogens is 1. The standard InChI is InChI=1S/C8H7BrF2N2O/c9-6-4(3-14)1-5(2-12)13-7(6)8(10)11/h1,3,8H,2,12H2. The highest BCUT2D eigenvalue weighted by atomic mass is 79.9. The summed E-state index contributed by atoms with van der Waals surface area (Å²) < 4.78 is 24.9. The number of pyridine rings is 1. The van der Waals surface area contributed by atoms with Gasteiger partial charge in [-0.05, 0) is 22.0 Å². The molecule has 3 nitrogen and oxygen atoms in total. The number of nitrogens with zero attached hydrogens (tertiary/aromatic N) is 1. The number of nitrogens with two attached hydrogens (primary N) is 1. The Kier molecular flexibility index (Phi) is 3.65. The van der Waals surface area contributed by atoms with Crippen LogP contribution in [0.2, 0.25) is 0 Å². The van der Waals surface area contributed by atoms with Crippen molar-refractivity contribution in [1.29, 1.82) is 0 Å². The van der Waals surface area contributed by atoms with Crippen molar-refractivity contribution in [2.24, 2.45) is 5.73 Å². The van der Waals surface area contributed by atoms with Gasteiger partial charge in [0.1, 0.15) is 5.69 Å². The summed E-state index contributed by atoms with van der Waals surface area (Å²) in [6.07, 6.45) is -2.24. The molecule has 0 saturated heterocycles. The first-order valence-electron chi connectivity index (χ1n) is 3.72. The molecule has 0 aliphatic carbocycles. The number of alkyl halides is 2. The van der Waals surface area contributed by atoms with Crippen LogP contribution in [0.25, 0.3) is 0 Å². The molecule has 76 valence electrons. The second-order valence-electron chi connectivity index (χ2n) is 2.52. The van der Waals surface area contributed by atoms with Crippen molar-refractivity contribution in [3.63, 3.8) is 0 Å². The third kappa shape index (κ3) is 2.13. The van der Waals surface area contributed by atoms with E-state index in [4.69, 9.17) is 5.73 Å². The Morgan fingerprint density at radius 2 is 2.29 bits per heavy atom. The molecule has 0 bridgehead atoms. The highest BCUT2D eigenvalue weighted by Crippen LogP contribution is 2.28. The van der Waals surface area contributed by atoms with Crippen molar-refractivity contribution in [3.8, 4) is 0 Å². The fourth-order valence-electron chi connectivity index (χ4n) is 0.962. The summed E-state index contributed by atoms with van der Waals surface area (Å²) >= 11 is 2.89. The molecule has 0 aliphatic heterocycles. The van der Waals surface area contributed by atoms with E-state index in [0.717, 1.165) is 0 Å². The first-order valence-corrected chi connectivity index (χ1v) is 4.52. The van der Waals surface area contributed by atoms with Gasteiger partial charge in [-0.15, -0.1) is 0 Å². The summed E-state index contributed by atoms with van der Waals surface area (Å²) in [7, 11) is 0. The first-order chi connectivity index (χ1) is 6.60. The van der Waals surface area contributed by atoms with Gasteiger partial charge >= 0.3 is 0 Å². The van der Waals surface area contributed by atoms with Gasteiger partial charge in [0.05, 0.1) is 10.2 Å². The molecule has 0 fully saturated rings. The maximum absolute atomic E-state index is 12.4. The zero-order chi connectivity index (χ0) is 10.7. The van der Waals surface area contributed by atoms with Gasteiger partial charge in [0.25, 0.3) is 6.43 Å². The molecule has 1 aromatic rings. The molecule has 1 heterocycles. The molecule has 0 saturated carbocycles. The molecule has 0 atom stereocenters.